The summed E-state index contributed by atoms with van der Waals surface area (Å²) in [6, 6.07) is 65.7. The number of nitrogens with zero attached hydrogens (tertiary/aromatic N) is 1. The van der Waals surface area contributed by atoms with Gasteiger partial charge in [0.05, 0.1) is 5.70 Å². The molecule has 0 fully saturated rings. The second-order valence-electron chi connectivity index (χ2n) is 14.6. The van der Waals surface area contributed by atoms with Crippen molar-refractivity contribution < 1.29 is 4.42 Å². The number of thiophene rings is 1. The normalized spacial score (nSPS) is 14.1. The zero-order valence-electron chi connectivity index (χ0n) is 30.2. The van der Waals surface area contributed by atoms with Crippen molar-refractivity contribution in [3.63, 3.8) is 0 Å². The maximum Gasteiger partial charge on any atom is 0.177 e. The van der Waals surface area contributed by atoms with Gasteiger partial charge in [0.25, 0.3) is 0 Å². The van der Waals surface area contributed by atoms with Gasteiger partial charge in [-0.3, -0.25) is 4.99 Å². The second kappa shape index (κ2) is 12.3. The molecule has 0 aliphatic carbocycles. The summed E-state index contributed by atoms with van der Waals surface area (Å²) in [4.78, 5) is 5.46. The minimum Gasteiger partial charge on any atom is -0.452 e. The summed E-state index contributed by atoms with van der Waals surface area (Å²) >= 11 is 1.88. The zero-order valence-corrected chi connectivity index (χ0v) is 31.0. The van der Waals surface area contributed by atoms with Gasteiger partial charge < -0.3 is 9.73 Å². The lowest BCUT2D eigenvalue weighted by molar-refractivity contribution is 0.535. The summed E-state index contributed by atoms with van der Waals surface area (Å²) < 4.78 is 9.15. The van der Waals surface area contributed by atoms with Crippen molar-refractivity contribution >= 4 is 80.5 Å². The Morgan fingerprint density at radius 2 is 1.07 bits per heavy atom. The van der Waals surface area contributed by atoms with Gasteiger partial charge in [-0.2, -0.15) is 0 Å². The second-order valence-corrected chi connectivity index (χ2v) is 15.7. The Bertz CT molecular complexity index is 3520. The molecule has 1 aliphatic rings. The average molecular weight is 733 g/mol. The van der Waals surface area contributed by atoms with Crippen molar-refractivity contribution in [2.24, 2.45) is 4.99 Å². The van der Waals surface area contributed by atoms with Crippen LogP contribution in [0.25, 0.3) is 91.4 Å². The summed E-state index contributed by atoms with van der Waals surface area (Å²) in [5.41, 5.74) is 9.53. The smallest absolute Gasteiger partial charge is 0.177 e. The van der Waals surface area contributed by atoms with Crippen LogP contribution in [0.5, 0.6) is 0 Å². The Labute approximate surface area is 326 Å². The van der Waals surface area contributed by atoms with Gasteiger partial charge in [-0.15, -0.1) is 11.3 Å². The van der Waals surface area contributed by atoms with Crippen LogP contribution in [0.1, 0.15) is 17.3 Å². The Kier molecular flexibility index (Phi) is 6.86. The highest BCUT2D eigenvalue weighted by Crippen LogP contribution is 2.44. The molecule has 56 heavy (non-hydrogen) atoms. The first-order valence-electron chi connectivity index (χ1n) is 19.1. The molecule has 0 saturated heterocycles. The number of para-hydroxylation sites is 1. The largest absolute Gasteiger partial charge is 0.452 e. The molecule has 11 aromatic rings. The maximum atomic E-state index is 6.52. The summed E-state index contributed by atoms with van der Waals surface area (Å²) in [6.07, 6.45) is -0.359. The van der Waals surface area contributed by atoms with E-state index < -0.39 is 0 Å². The number of furan rings is 1. The molecule has 0 bridgehead atoms. The molecule has 0 saturated carbocycles. The van der Waals surface area contributed by atoms with Gasteiger partial charge >= 0.3 is 0 Å². The quantitative estimate of drug-likeness (QED) is 0.183. The number of rotatable bonds is 4. The van der Waals surface area contributed by atoms with Crippen LogP contribution in [0.4, 0.5) is 0 Å². The Morgan fingerprint density at radius 1 is 0.464 bits per heavy atom. The summed E-state index contributed by atoms with van der Waals surface area (Å²) in [6.45, 7) is 0. The Hall–Kier alpha value is -7.01. The van der Waals surface area contributed by atoms with E-state index in [0.29, 0.717) is 0 Å². The van der Waals surface area contributed by atoms with Crippen molar-refractivity contribution in [2.45, 2.75) is 6.17 Å². The molecule has 3 heterocycles. The Balaban J connectivity index is 1.14. The molecule has 9 aromatic carbocycles. The average Bonchev–Trinajstić information content (AvgIpc) is 3.85. The van der Waals surface area contributed by atoms with Crippen LogP contribution in [0.15, 0.2) is 191 Å². The van der Waals surface area contributed by atoms with Crippen molar-refractivity contribution in [1.82, 2.24) is 5.32 Å². The minimum absolute atomic E-state index is 0.359. The van der Waals surface area contributed by atoms with Crippen LogP contribution in [-0.2, 0) is 0 Å². The van der Waals surface area contributed by atoms with E-state index in [4.69, 9.17) is 9.41 Å². The maximum absolute atomic E-state index is 6.52. The lowest BCUT2D eigenvalue weighted by Gasteiger charge is -2.23. The third-order valence-electron chi connectivity index (χ3n) is 11.5. The van der Waals surface area contributed by atoms with Crippen molar-refractivity contribution in [3.8, 4) is 22.3 Å². The first-order chi connectivity index (χ1) is 27.8. The molecule has 262 valence electrons. The van der Waals surface area contributed by atoms with E-state index in [1.807, 2.05) is 23.5 Å². The van der Waals surface area contributed by atoms with Gasteiger partial charge in [-0.1, -0.05) is 146 Å². The van der Waals surface area contributed by atoms with E-state index >= 15 is 0 Å². The lowest BCUT2D eigenvalue weighted by atomic mass is 9.87. The number of nitrogens with one attached hydrogen (secondary N) is 1. The number of hydrogen-bond acceptors (Lipinski definition) is 4. The van der Waals surface area contributed by atoms with E-state index in [1.165, 1.54) is 74.7 Å². The van der Waals surface area contributed by atoms with Gasteiger partial charge in [0.15, 0.2) is 5.42 Å². The SMILES string of the molecule is c1ccc(C2=c3oc4ccccc4c3=NC(c3cc(-c4cccc(-c5cccc6c5sc5ccccc56)c4)c4c5ccccc5c5ccccc5c4c3)N2)cc1. The van der Waals surface area contributed by atoms with Crippen LogP contribution in [-0.4, -0.2) is 0 Å². The minimum atomic E-state index is -0.359. The van der Waals surface area contributed by atoms with E-state index in [9.17, 15) is 0 Å². The summed E-state index contributed by atoms with van der Waals surface area (Å²) in [7, 11) is 0. The fraction of sp³-hybridized carbons (Fsp3) is 0.0192. The Morgan fingerprint density at radius 3 is 1.89 bits per heavy atom. The molecular weight excluding hydrogens is 701 g/mol. The monoisotopic (exact) mass is 732 g/mol. The third kappa shape index (κ3) is 4.73. The molecule has 1 aliphatic heterocycles. The van der Waals surface area contributed by atoms with Crippen LogP contribution >= 0.6 is 11.3 Å². The highest BCUT2D eigenvalue weighted by molar-refractivity contribution is 7.26. The standard InChI is InChI=1S/C52H32N2OS/c1-2-14-31(15-3-1)48-50-49(42-23-8-10-26-45(42)55-50)54-52(53-48)34-29-43(47-40-22-7-6-19-37(40)36-18-4-5-20-38(36)44(47)30-34)33-17-12-16-32(28-33)35-24-13-25-41-39-21-9-11-27-46(39)56-51(35)41/h1-30,52-53H. The topological polar surface area (TPSA) is 37.5 Å². The van der Waals surface area contributed by atoms with Gasteiger partial charge in [0.2, 0.25) is 0 Å². The van der Waals surface area contributed by atoms with E-state index in [-0.39, 0.29) is 6.17 Å². The predicted octanol–water partition coefficient (Wildman–Crippen LogP) is 12.7. The fourth-order valence-corrected chi connectivity index (χ4v) is 10.2. The molecule has 12 rings (SSSR count). The number of benzene rings is 9. The van der Waals surface area contributed by atoms with Gasteiger partial charge in [0, 0.05) is 31.1 Å². The summed E-state index contributed by atoms with van der Waals surface area (Å²) in [5, 5.41) is 15.8. The first-order valence-corrected chi connectivity index (χ1v) is 19.9. The highest BCUT2D eigenvalue weighted by Gasteiger charge is 2.24. The molecule has 1 unspecified atom stereocenters. The molecule has 1 N–H and O–H groups in total. The molecule has 3 nitrogen and oxygen atoms in total. The van der Waals surface area contributed by atoms with Crippen LogP contribution in [0.3, 0.4) is 0 Å². The fourth-order valence-electron chi connectivity index (χ4n) is 8.94. The molecule has 0 spiro atoms. The van der Waals surface area contributed by atoms with Crippen LogP contribution in [0, 0.1) is 0 Å². The van der Waals surface area contributed by atoms with Crippen LogP contribution < -0.4 is 16.1 Å². The first kappa shape index (κ1) is 31.4. The molecule has 0 radical (unpaired) electrons. The zero-order chi connectivity index (χ0) is 36.7. The van der Waals surface area contributed by atoms with Crippen molar-refractivity contribution in [1.29, 1.82) is 0 Å². The molecule has 1 atom stereocenters. The highest BCUT2D eigenvalue weighted by atomic mass is 32.1. The van der Waals surface area contributed by atoms with Crippen LogP contribution in [0.2, 0.25) is 0 Å². The third-order valence-corrected chi connectivity index (χ3v) is 12.7. The molecular formula is C52H32N2OS. The van der Waals surface area contributed by atoms with Gasteiger partial charge in [-0.05, 0) is 96.5 Å². The molecule has 0 amide bonds. The van der Waals surface area contributed by atoms with Gasteiger partial charge in [-0.25, -0.2) is 0 Å². The predicted molar refractivity (Wildman–Crippen MR) is 235 cm³/mol. The van der Waals surface area contributed by atoms with Gasteiger partial charge in [0.1, 0.15) is 17.1 Å². The van der Waals surface area contributed by atoms with E-state index in [0.717, 1.165) is 38.6 Å². The number of fused-ring (bicyclic) bond motifs is 12. The lowest BCUT2D eigenvalue weighted by Crippen LogP contribution is -2.38. The van der Waals surface area contributed by atoms with Crippen molar-refractivity contribution in [2.75, 3.05) is 0 Å². The molecule has 4 heteroatoms. The number of hydrogen-bond donors (Lipinski definition) is 1. The molecule has 2 aromatic heterocycles. The van der Waals surface area contributed by atoms with E-state index in [1.54, 1.807) is 0 Å². The van der Waals surface area contributed by atoms with E-state index in [2.05, 4.69) is 175 Å². The van der Waals surface area contributed by atoms with Crippen molar-refractivity contribution in [3.05, 3.63) is 204 Å². The summed E-state index contributed by atoms with van der Waals surface area (Å²) in [5.74, 6) is 0.